The minimum atomic E-state index is -3.61. The lowest BCUT2D eigenvalue weighted by Crippen LogP contribution is -2.32. The van der Waals surface area contributed by atoms with Gasteiger partial charge in [-0.15, -0.1) is 11.3 Å². The summed E-state index contributed by atoms with van der Waals surface area (Å²) in [5.41, 5.74) is 1.72. The van der Waals surface area contributed by atoms with E-state index in [9.17, 15) is 13.2 Å². The van der Waals surface area contributed by atoms with Gasteiger partial charge in [0.1, 0.15) is 4.21 Å². The van der Waals surface area contributed by atoms with Crippen LogP contribution in [0.5, 0.6) is 0 Å². The van der Waals surface area contributed by atoms with Crippen LogP contribution in [0, 0.1) is 0 Å². The van der Waals surface area contributed by atoms with E-state index >= 15 is 0 Å². The van der Waals surface area contributed by atoms with Crippen LogP contribution in [-0.4, -0.2) is 20.9 Å². The molecule has 1 amide bonds. The summed E-state index contributed by atoms with van der Waals surface area (Å²) in [6, 6.07) is 10.6. The van der Waals surface area contributed by atoms with Gasteiger partial charge in [-0.3, -0.25) is 4.79 Å². The average Bonchev–Trinajstić information content (AvgIpc) is 3.01. The van der Waals surface area contributed by atoms with Gasteiger partial charge >= 0.3 is 0 Å². The number of benzene rings is 1. The molecule has 0 aliphatic carbocycles. The number of carbonyl (C=O) groups is 1. The summed E-state index contributed by atoms with van der Waals surface area (Å²) < 4.78 is 26.3. The molecule has 0 atom stereocenters. The van der Waals surface area contributed by atoms with E-state index < -0.39 is 15.9 Å². The minimum Gasteiger partial charge on any atom is -0.325 e. The van der Waals surface area contributed by atoms with Crippen molar-refractivity contribution in [2.24, 2.45) is 0 Å². The number of aryl methyl sites for hydroxylation is 1. The van der Waals surface area contributed by atoms with Crippen LogP contribution >= 0.6 is 11.3 Å². The smallest absolute Gasteiger partial charge is 0.250 e. The van der Waals surface area contributed by atoms with Crippen LogP contribution in [0.15, 0.2) is 46.0 Å². The first-order chi connectivity index (χ1) is 10.0. The number of para-hydroxylation sites is 1. The zero-order chi connectivity index (χ0) is 15.3. The molecule has 2 aromatic rings. The molecule has 7 heteroatoms. The fourth-order valence-corrected chi connectivity index (χ4v) is 3.81. The molecule has 21 heavy (non-hydrogen) atoms. The maximum Gasteiger partial charge on any atom is 0.250 e. The highest BCUT2D eigenvalue weighted by Crippen LogP contribution is 2.16. The van der Waals surface area contributed by atoms with Gasteiger partial charge in [0.25, 0.3) is 10.0 Å². The number of hydrogen-bond donors (Lipinski definition) is 2. The second kappa shape index (κ2) is 6.84. The topological polar surface area (TPSA) is 75.3 Å². The first kappa shape index (κ1) is 15.7. The standard InChI is InChI=1S/C14H16N2O3S2/c1-2-11-6-3-4-7-12(11)16-13(17)10-15-21(18,19)14-8-5-9-20-14/h3-9,15H,2,10H2,1H3,(H,16,17). The zero-order valence-corrected chi connectivity index (χ0v) is 13.1. The van der Waals surface area contributed by atoms with Crippen LogP contribution in [0.2, 0.25) is 0 Å². The van der Waals surface area contributed by atoms with Gasteiger partial charge in [-0.2, -0.15) is 0 Å². The fraction of sp³-hybridized carbons (Fsp3) is 0.214. The van der Waals surface area contributed by atoms with Gasteiger partial charge in [0, 0.05) is 5.69 Å². The molecule has 1 aromatic heterocycles. The molecule has 0 radical (unpaired) electrons. The Bertz CT molecular complexity index is 710. The Morgan fingerprint density at radius 1 is 1.19 bits per heavy atom. The Labute approximate surface area is 128 Å². The average molecular weight is 324 g/mol. The largest absolute Gasteiger partial charge is 0.325 e. The SMILES string of the molecule is CCc1ccccc1NC(=O)CNS(=O)(=O)c1cccs1. The Morgan fingerprint density at radius 2 is 1.95 bits per heavy atom. The summed E-state index contributed by atoms with van der Waals surface area (Å²) in [6.45, 7) is 1.70. The lowest BCUT2D eigenvalue weighted by molar-refractivity contribution is -0.115. The molecule has 1 heterocycles. The number of hydrogen-bond acceptors (Lipinski definition) is 4. The Balaban J connectivity index is 1.97. The van der Waals surface area contributed by atoms with E-state index in [2.05, 4.69) is 10.0 Å². The molecule has 0 saturated carbocycles. The van der Waals surface area contributed by atoms with E-state index in [0.717, 1.165) is 23.3 Å². The van der Waals surface area contributed by atoms with Gasteiger partial charge in [0.05, 0.1) is 6.54 Å². The maximum atomic E-state index is 11.9. The molecule has 5 nitrogen and oxygen atoms in total. The monoisotopic (exact) mass is 324 g/mol. The molecular formula is C14H16N2O3S2. The van der Waals surface area contributed by atoms with Crippen molar-refractivity contribution >= 4 is 33.0 Å². The third-order valence-electron chi connectivity index (χ3n) is 2.86. The highest BCUT2D eigenvalue weighted by Gasteiger charge is 2.16. The second-order valence-corrected chi connectivity index (χ2v) is 7.26. The van der Waals surface area contributed by atoms with E-state index in [0.29, 0.717) is 5.69 Å². The van der Waals surface area contributed by atoms with Crippen molar-refractivity contribution in [1.29, 1.82) is 0 Å². The highest BCUT2D eigenvalue weighted by molar-refractivity contribution is 7.91. The number of sulfonamides is 1. The fourth-order valence-electron chi connectivity index (χ4n) is 1.79. The Morgan fingerprint density at radius 3 is 2.62 bits per heavy atom. The molecule has 0 fully saturated rings. The van der Waals surface area contributed by atoms with E-state index in [1.165, 1.54) is 6.07 Å². The van der Waals surface area contributed by atoms with Crippen molar-refractivity contribution in [2.75, 3.05) is 11.9 Å². The normalized spacial score (nSPS) is 11.3. The molecule has 2 rings (SSSR count). The van der Waals surface area contributed by atoms with Crippen LogP contribution in [0.3, 0.4) is 0 Å². The molecule has 112 valence electrons. The molecule has 0 aliphatic heterocycles. The lowest BCUT2D eigenvalue weighted by Gasteiger charge is -2.10. The molecule has 2 N–H and O–H groups in total. The Hall–Kier alpha value is -1.70. The van der Waals surface area contributed by atoms with Crippen molar-refractivity contribution in [3.05, 3.63) is 47.3 Å². The molecule has 0 unspecified atom stereocenters. The number of rotatable bonds is 6. The molecule has 0 saturated heterocycles. The van der Waals surface area contributed by atoms with E-state index in [-0.39, 0.29) is 10.8 Å². The van der Waals surface area contributed by atoms with E-state index in [1.807, 2.05) is 25.1 Å². The Kier molecular flexibility index (Phi) is 5.11. The number of amides is 1. The zero-order valence-electron chi connectivity index (χ0n) is 11.5. The van der Waals surface area contributed by atoms with Crippen LogP contribution in [0.25, 0.3) is 0 Å². The first-order valence-electron chi connectivity index (χ1n) is 6.44. The summed E-state index contributed by atoms with van der Waals surface area (Å²) in [6.07, 6.45) is 0.789. The summed E-state index contributed by atoms with van der Waals surface area (Å²) in [4.78, 5) is 11.9. The van der Waals surface area contributed by atoms with Crippen molar-refractivity contribution in [3.8, 4) is 0 Å². The summed E-state index contributed by atoms with van der Waals surface area (Å²) >= 11 is 1.11. The molecule has 0 aliphatic rings. The number of nitrogens with one attached hydrogen (secondary N) is 2. The van der Waals surface area contributed by atoms with Crippen LogP contribution in [0.4, 0.5) is 5.69 Å². The summed E-state index contributed by atoms with van der Waals surface area (Å²) in [5.74, 6) is -0.393. The minimum absolute atomic E-state index is 0.198. The van der Waals surface area contributed by atoms with Gasteiger partial charge < -0.3 is 5.32 Å². The quantitative estimate of drug-likeness (QED) is 0.855. The van der Waals surface area contributed by atoms with Gasteiger partial charge in [0.15, 0.2) is 0 Å². The molecule has 0 spiro atoms. The lowest BCUT2D eigenvalue weighted by atomic mass is 10.1. The van der Waals surface area contributed by atoms with Crippen molar-refractivity contribution < 1.29 is 13.2 Å². The maximum absolute atomic E-state index is 11.9. The van der Waals surface area contributed by atoms with E-state index in [4.69, 9.17) is 0 Å². The van der Waals surface area contributed by atoms with Gasteiger partial charge in [-0.25, -0.2) is 13.1 Å². The molecular weight excluding hydrogens is 308 g/mol. The summed E-state index contributed by atoms with van der Waals surface area (Å²) in [7, 11) is -3.61. The summed E-state index contributed by atoms with van der Waals surface area (Å²) in [5, 5.41) is 4.39. The van der Waals surface area contributed by atoms with Crippen LogP contribution in [-0.2, 0) is 21.2 Å². The number of thiophene rings is 1. The van der Waals surface area contributed by atoms with Gasteiger partial charge in [0.2, 0.25) is 5.91 Å². The van der Waals surface area contributed by atoms with Gasteiger partial charge in [-0.1, -0.05) is 31.2 Å². The number of anilines is 1. The highest BCUT2D eigenvalue weighted by atomic mass is 32.2. The first-order valence-corrected chi connectivity index (χ1v) is 8.80. The van der Waals surface area contributed by atoms with Gasteiger partial charge in [-0.05, 0) is 29.5 Å². The molecule has 0 bridgehead atoms. The molecule has 1 aromatic carbocycles. The van der Waals surface area contributed by atoms with Crippen molar-refractivity contribution in [3.63, 3.8) is 0 Å². The van der Waals surface area contributed by atoms with Crippen LogP contribution < -0.4 is 10.0 Å². The van der Waals surface area contributed by atoms with Crippen molar-refractivity contribution in [1.82, 2.24) is 4.72 Å². The third kappa shape index (κ3) is 4.13. The predicted octanol–water partition coefficient (Wildman–Crippen LogP) is 2.23. The van der Waals surface area contributed by atoms with Crippen LogP contribution in [0.1, 0.15) is 12.5 Å². The number of carbonyl (C=O) groups excluding carboxylic acids is 1. The van der Waals surface area contributed by atoms with Crippen molar-refractivity contribution in [2.45, 2.75) is 17.6 Å². The third-order valence-corrected chi connectivity index (χ3v) is 5.65. The second-order valence-electron chi connectivity index (χ2n) is 4.32. The van der Waals surface area contributed by atoms with E-state index in [1.54, 1.807) is 17.5 Å². The predicted molar refractivity (Wildman–Crippen MR) is 84.0 cm³/mol.